The summed E-state index contributed by atoms with van der Waals surface area (Å²) in [6.07, 6.45) is -0.268. The molecule has 3 rings (SSSR count). The molecule has 1 aliphatic rings. The molecule has 0 spiro atoms. The summed E-state index contributed by atoms with van der Waals surface area (Å²) in [5, 5.41) is 11.1. The Kier molecular flexibility index (Phi) is 5.82. The van der Waals surface area contributed by atoms with Crippen LogP contribution in [0.25, 0.3) is 0 Å². The summed E-state index contributed by atoms with van der Waals surface area (Å²) in [5.74, 6) is -2.16. The molecule has 10 heteroatoms. The highest BCUT2D eigenvalue weighted by molar-refractivity contribution is 6.23. The first-order chi connectivity index (χ1) is 13.9. The van der Waals surface area contributed by atoms with Gasteiger partial charge in [-0.2, -0.15) is 0 Å². The number of fused-ring (bicyclic) bond motifs is 1. The maximum absolute atomic E-state index is 12.8. The van der Waals surface area contributed by atoms with E-state index in [9.17, 15) is 28.9 Å². The van der Waals surface area contributed by atoms with Crippen LogP contribution in [0.1, 0.15) is 27.1 Å². The summed E-state index contributed by atoms with van der Waals surface area (Å²) in [6.45, 7) is -0.304. The Balaban J connectivity index is 1.48. The van der Waals surface area contributed by atoms with Gasteiger partial charge >= 0.3 is 5.97 Å². The van der Waals surface area contributed by atoms with E-state index in [1.54, 1.807) is 0 Å². The number of carbonyl (C=O) groups excluding carboxylic acids is 3. The molecule has 1 heterocycles. The Morgan fingerprint density at radius 2 is 1.79 bits per heavy atom. The minimum atomic E-state index is -0.815. The smallest absolute Gasteiger partial charge is 0.307 e. The molecule has 0 aromatic heterocycles. The van der Waals surface area contributed by atoms with Gasteiger partial charge in [0, 0.05) is 12.6 Å². The van der Waals surface area contributed by atoms with Crippen LogP contribution in [0.5, 0.6) is 5.75 Å². The molecule has 0 saturated carbocycles. The van der Waals surface area contributed by atoms with Gasteiger partial charge in [-0.1, -0.05) is 6.07 Å². The van der Waals surface area contributed by atoms with Gasteiger partial charge in [-0.15, -0.1) is 0 Å². The summed E-state index contributed by atoms with van der Waals surface area (Å²) < 4.78 is 23.0. The maximum Gasteiger partial charge on any atom is 0.307 e. The van der Waals surface area contributed by atoms with Crippen LogP contribution in [-0.2, 0) is 9.53 Å². The molecule has 9 nitrogen and oxygen atoms in total. The topological polar surface area (TPSA) is 116 Å². The molecule has 0 fully saturated rings. The van der Waals surface area contributed by atoms with Gasteiger partial charge in [-0.3, -0.25) is 29.4 Å². The van der Waals surface area contributed by atoms with E-state index in [0.29, 0.717) is 5.75 Å². The van der Waals surface area contributed by atoms with Crippen molar-refractivity contribution in [3.63, 3.8) is 0 Å². The fourth-order valence-corrected chi connectivity index (χ4v) is 2.79. The predicted molar refractivity (Wildman–Crippen MR) is 95.9 cm³/mol. The molecular weight excluding hydrogens is 387 g/mol. The van der Waals surface area contributed by atoms with E-state index in [-0.39, 0.29) is 37.3 Å². The number of ether oxygens (including phenoxy) is 2. The van der Waals surface area contributed by atoms with E-state index in [4.69, 9.17) is 9.47 Å². The molecule has 0 unspecified atom stereocenters. The molecule has 0 saturated heterocycles. The van der Waals surface area contributed by atoms with Gasteiger partial charge in [-0.25, -0.2) is 4.39 Å². The van der Waals surface area contributed by atoms with Crippen LogP contribution in [0.15, 0.2) is 42.5 Å². The van der Waals surface area contributed by atoms with E-state index in [0.717, 1.165) is 11.0 Å². The second kappa shape index (κ2) is 8.46. The number of carbonyl (C=O) groups is 3. The molecule has 2 aromatic rings. The third-order valence-corrected chi connectivity index (χ3v) is 4.14. The minimum Gasteiger partial charge on any atom is -0.490 e. The highest BCUT2D eigenvalue weighted by Gasteiger charge is 2.40. The maximum atomic E-state index is 12.8. The Morgan fingerprint density at radius 3 is 2.48 bits per heavy atom. The third-order valence-electron chi connectivity index (χ3n) is 4.14. The first-order valence-corrected chi connectivity index (χ1v) is 8.56. The van der Waals surface area contributed by atoms with Gasteiger partial charge in [-0.05, 0) is 30.3 Å². The quantitative estimate of drug-likeness (QED) is 0.219. The molecule has 2 aromatic carbocycles. The van der Waals surface area contributed by atoms with Gasteiger partial charge in [0.05, 0.1) is 16.9 Å². The summed E-state index contributed by atoms with van der Waals surface area (Å²) in [5.41, 5.74) is -0.794. The Labute approximate surface area is 163 Å². The second-order valence-corrected chi connectivity index (χ2v) is 5.99. The zero-order chi connectivity index (χ0) is 21.0. The van der Waals surface area contributed by atoms with Gasteiger partial charge in [0.1, 0.15) is 30.3 Å². The van der Waals surface area contributed by atoms with Crippen LogP contribution in [0.3, 0.4) is 0 Å². The fourth-order valence-electron chi connectivity index (χ4n) is 2.79. The van der Waals surface area contributed by atoms with Crippen LogP contribution in [0.2, 0.25) is 0 Å². The first kappa shape index (κ1) is 19.9. The number of hydrogen-bond acceptors (Lipinski definition) is 7. The standard InChI is InChI=1S/C19H15FN2O7/c20-12-4-6-13(7-5-12)28-10-11-29-16(23)8-9-21-18(24)14-2-1-3-15(22(26)27)17(14)19(21)25/h1-7H,8-11H2. The largest absolute Gasteiger partial charge is 0.490 e. The van der Waals surface area contributed by atoms with Gasteiger partial charge in [0.25, 0.3) is 17.5 Å². The molecule has 0 N–H and O–H groups in total. The monoisotopic (exact) mass is 402 g/mol. The molecule has 0 atom stereocenters. The van der Waals surface area contributed by atoms with Crippen molar-refractivity contribution in [2.75, 3.05) is 19.8 Å². The number of amides is 2. The number of benzene rings is 2. The number of nitro groups is 1. The van der Waals surface area contributed by atoms with Crippen LogP contribution in [0.4, 0.5) is 10.1 Å². The number of imide groups is 1. The Bertz CT molecular complexity index is 975. The van der Waals surface area contributed by atoms with Crippen molar-refractivity contribution in [3.05, 3.63) is 69.5 Å². The lowest BCUT2D eigenvalue weighted by Crippen LogP contribution is -2.32. The lowest BCUT2D eigenvalue weighted by molar-refractivity contribution is -0.385. The van der Waals surface area contributed by atoms with Crippen LogP contribution in [-0.4, -0.2) is 47.4 Å². The SMILES string of the molecule is O=C(CCN1C(=O)c2cccc([N+](=O)[O-])c2C1=O)OCCOc1ccc(F)cc1. The number of nitrogens with zero attached hydrogens (tertiary/aromatic N) is 2. The van der Waals surface area contributed by atoms with E-state index in [1.807, 2.05) is 0 Å². The van der Waals surface area contributed by atoms with Crippen molar-refractivity contribution in [2.24, 2.45) is 0 Å². The van der Waals surface area contributed by atoms with Crippen molar-refractivity contribution in [2.45, 2.75) is 6.42 Å². The van der Waals surface area contributed by atoms with Crippen LogP contribution in [0, 0.1) is 15.9 Å². The number of hydrogen-bond donors (Lipinski definition) is 0. The summed E-state index contributed by atoms with van der Waals surface area (Å²) in [7, 11) is 0. The molecular formula is C19H15FN2O7. The van der Waals surface area contributed by atoms with Gasteiger partial charge in [0.15, 0.2) is 0 Å². The fraction of sp³-hybridized carbons (Fsp3) is 0.211. The molecule has 150 valence electrons. The summed E-state index contributed by atoms with van der Waals surface area (Å²) in [6, 6.07) is 9.11. The predicted octanol–water partition coefficient (Wildman–Crippen LogP) is 2.34. The van der Waals surface area contributed by atoms with E-state index < -0.39 is 34.2 Å². The van der Waals surface area contributed by atoms with E-state index >= 15 is 0 Å². The number of rotatable bonds is 8. The normalized spacial score (nSPS) is 12.7. The third kappa shape index (κ3) is 4.37. The Morgan fingerprint density at radius 1 is 1.07 bits per heavy atom. The number of nitro benzene ring substituents is 1. The molecule has 0 aliphatic carbocycles. The summed E-state index contributed by atoms with van der Waals surface area (Å²) in [4.78, 5) is 47.7. The lowest BCUT2D eigenvalue weighted by Gasteiger charge is -2.13. The second-order valence-electron chi connectivity index (χ2n) is 5.99. The minimum absolute atomic E-state index is 0.0383. The molecule has 0 bridgehead atoms. The van der Waals surface area contributed by atoms with Gasteiger partial charge < -0.3 is 9.47 Å². The van der Waals surface area contributed by atoms with Crippen molar-refractivity contribution < 1.29 is 33.2 Å². The zero-order valence-electron chi connectivity index (χ0n) is 15.0. The molecule has 29 heavy (non-hydrogen) atoms. The van der Waals surface area contributed by atoms with Gasteiger partial charge in [0.2, 0.25) is 0 Å². The highest BCUT2D eigenvalue weighted by Crippen LogP contribution is 2.30. The Hall–Kier alpha value is -3.82. The average molecular weight is 402 g/mol. The van der Waals surface area contributed by atoms with Crippen LogP contribution >= 0.6 is 0 Å². The number of halogens is 1. The molecule has 2 amide bonds. The number of esters is 1. The van der Waals surface area contributed by atoms with Crippen molar-refractivity contribution >= 4 is 23.5 Å². The van der Waals surface area contributed by atoms with E-state index in [1.165, 1.54) is 36.4 Å². The lowest BCUT2D eigenvalue weighted by atomic mass is 10.1. The highest BCUT2D eigenvalue weighted by atomic mass is 19.1. The summed E-state index contributed by atoms with van der Waals surface area (Å²) >= 11 is 0. The van der Waals surface area contributed by atoms with Crippen molar-refractivity contribution in [1.82, 2.24) is 4.90 Å². The molecule has 0 radical (unpaired) electrons. The molecule has 1 aliphatic heterocycles. The average Bonchev–Trinajstić information content (AvgIpc) is 2.95. The van der Waals surface area contributed by atoms with E-state index in [2.05, 4.69) is 0 Å². The van der Waals surface area contributed by atoms with Crippen molar-refractivity contribution in [3.8, 4) is 5.75 Å². The zero-order valence-corrected chi connectivity index (χ0v) is 15.0. The first-order valence-electron chi connectivity index (χ1n) is 8.56. The van der Waals surface area contributed by atoms with Crippen molar-refractivity contribution in [1.29, 1.82) is 0 Å². The van der Waals surface area contributed by atoms with Crippen LogP contribution < -0.4 is 4.74 Å².